The second-order valence-corrected chi connectivity index (χ2v) is 5.65. The maximum absolute atomic E-state index is 3.23. The van der Waals surface area contributed by atoms with E-state index in [0.29, 0.717) is 5.92 Å². The van der Waals surface area contributed by atoms with Crippen molar-refractivity contribution in [2.75, 3.05) is 27.2 Å². The van der Waals surface area contributed by atoms with Gasteiger partial charge in [-0.15, -0.1) is 0 Å². The van der Waals surface area contributed by atoms with Crippen molar-refractivity contribution >= 4 is 0 Å². The highest BCUT2D eigenvalue weighted by atomic mass is 15.1. The van der Waals surface area contributed by atoms with E-state index in [0.717, 1.165) is 13.1 Å². The monoisotopic (exact) mass is 262 g/mol. The Morgan fingerprint density at radius 2 is 1.84 bits per heavy atom. The van der Waals surface area contributed by atoms with Gasteiger partial charge in [0.25, 0.3) is 0 Å². The Kier molecular flexibility index (Phi) is 7.76. The average Bonchev–Trinajstić information content (AvgIpc) is 2.40. The van der Waals surface area contributed by atoms with Crippen LogP contribution in [0.5, 0.6) is 0 Å². The first-order valence-corrected chi connectivity index (χ1v) is 7.59. The fraction of sp³-hybridized carbons (Fsp3) is 0.647. The molecule has 0 aliphatic rings. The maximum Gasteiger partial charge on any atom is 0.0230 e. The molecular formula is C17H30N2. The molecule has 1 unspecified atom stereocenters. The van der Waals surface area contributed by atoms with E-state index in [9.17, 15) is 0 Å². The Hall–Kier alpha value is -0.860. The van der Waals surface area contributed by atoms with Gasteiger partial charge in [0.2, 0.25) is 0 Å². The van der Waals surface area contributed by atoms with Gasteiger partial charge in [-0.25, -0.2) is 0 Å². The molecule has 1 aromatic rings. The summed E-state index contributed by atoms with van der Waals surface area (Å²) >= 11 is 0. The fourth-order valence-corrected chi connectivity index (χ4v) is 2.40. The molecule has 0 aromatic heterocycles. The number of nitrogens with zero attached hydrogens (tertiary/aromatic N) is 1. The van der Waals surface area contributed by atoms with Crippen molar-refractivity contribution in [3.05, 3.63) is 35.4 Å². The summed E-state index contributed by atoms with van der Waals surface area (Å²) in [5, 5.41) is 3.23. The molecule has 2 heteroatoms. The second-order valence-electron chi connectivity index (χ2n) is 5.65. The molecule has 1 aromatic carbocycles. The maximum atomic E-state index is 3.23. The first-order chi connectivity index (χ1) is 9.17. The Bertz CT molecular complexity index is 332. The minimum absolute atomic E-state index is 0.585. The molecule has 1 atom stereocenters. The van der Waals surface area contributed by atoms with Crippen LogP contribution in [0.3, 0.4) is 0 Å². The Morgan fingerprint density at radius 1 is 1.16 bits per heavy atom. The first kappa shape index (κ1) is 16.2. The van der Waals surface area contributed by atoms with Crippen molar-refractivity contribution in [3.8, 4) is 0 Å². The SMILES string of the molecule is CCCCCN(C)Cc1ccc(C(C)CNC)cc1. The molecule has 0 saturated carbocycles. The van der Waals surface area contributed by atoms with Crippen molar-refractivity contribution in [2.24, 2.45) is 0 Å². The van der Waals surface area contributed by atoms with Gasteiger partial charge in [-0.2, -0.15) is 0 Å². The average molecular weight is 262 g/mol. The number of nitrogens with one attached hydrogen (secondary N) is 1. The zero-order valence-electron chi connectivity index (χ0n) is 13.1. The van der Waals surface area contributed by atoms with Gasteiger partial charge < -0.3 is 10.2 Å². The van der Waals surface area contributed by atoms with Gasteiger partial charge in [-0.1, -0.05) is 51.0 Å². The standard InChI is InChI=1S/C17H30N2/c1-5-6-7-12-19(4)14-16-8-10-17(11-9-16)15(2)13-18-3/h8-11,15,18H,5-7,12-14H2,1-4H3. The van der Waals surface area contributed by atoms with Crippen LogP contribution >= 0.6 is 0 Å². The third kappa shape index (κ3) is 6.22. The first-order valence-electron chi connectivity index (χ1n) is 7.59. The van der Waals surface area contributed by atoms with Crippen molar-refractivity contribution in [3.63, 3.8) is 0 Å². The molecule has 0 spiro atoms. The number of hydrogen-bond acceptors (Lipinski definition) is 2. The number of rotatable bonds is 9. The molecule has 1 N–H and O–H groups in total. The Morgan fingerprint density at radius 3 is 2.42 bits per heavy atom. The number of benzene rings is 1. The highest BCUT2D eigenvalue weighted by Crippen LogP contribution is 2.15. The predicted molar refractivity (Wildman–Crippen MR) is 84.6 cm³/mol. The van der Waals surface area contributed by atoms with Gasteiger partial charge in [0, 0.05) is 13.1 Å². The summed E-state index contributed by atoms with van der Waals surface area (Å²) in [5.41, 5.74) is 2.84. The van der Waals surface area contributed by atoms with E-state index < -0.39 is 0 Å². The van der Waals surface area contributed by atoms with Crippen molar-refractivity contribution < 1.29 is 0 Å². The molecular weight excluding hydrogens is 232 g/mol. The number of likely N-dealkylation sites (N-methyl/N-ethyl adjacent to an activating group) is 1. The van der Waals surface area contributed by atoms with Crippen LogP contribution in [0, 0.1) is 0 Å². The van der Waals surface area contributed by atoms with Crippen molar-refractivity contribution in [1.29, 1.82) is 0 Å². The van der Waals surface area contributed by atoms with Crippen molar-refractivity contribution in [1.82, 2.24) is 10.2 Å². The smallest absolute Gasteiger partial charge is 0.0230 e. The van der Waals surface area contributed by atoms with Crippen LogP contribution in [0.15, 0.2) is 24.3 Å². The molecule has 2 nitrogen and oxygen atoms in total. The summed E-state index contributed by atoms with van der Waals surface area (Å²) in [4.78, 5) is 2.42. The van der Waals surface area contributed by atoms with Crippen LogP contribution in [-0.2, 0) is 6.54 Å². The molecule has 0 heterocycles. The highest BCUT2D eigenvalue weighted by Gasteiger charge is 2.05. The van der Waals surface area contributed by atoms with Crippen LogP contribution in [0.1, 0.15) is 50.2 Å². The summed E-state index contributed by atoms with van der Waals surface area (Å²) in [6.07, 6.45) is 3.95. The minimum atomic E-state index is 0.585. The fourth-order valence-electron chi connectivity index (χ4n) is 2.40. The van der Waals surface area contributed by atoms with Gasteiger partial charge >= 0.3 is 0 Å². The van der Waals surface area contributed by atoms with Gasteiger partial charge in [-0.05, 0) is 44.1 Å². The molecule has 108 valence electrons. The topological polar surface area (TPSA) is 15.3 Å². The lowest BCUT2D eigenvalue weighted by atomic mass is 10.00. The van der Waals surface area contributed by atoms with Gasteiger partial charge in [0.05, 0.1) is 0 Å². The molecule has 1 rings (SSSR count). The molecule has 19 heavy (non-hydrogen) atoms. The quantitative estimate of drug-likeness (QED) is 0.684. The van der Waals surface area contributed by atoms with E-state index in [1.165, 1.54) is 36.9 Å². The molecule has 0 bridgehead atoms. The van der Waals surface area contributed by atoms with Gasteiger partial charge in [0.1, 0.15) is 0 Å². The van der Waals surface area contributed by atoms with E-state index in [-0.39, 0.29) is 0 Å². The number of unbranched alkanes of at least 4 members (excludes halogenated alkanes) is 2. The summed E-state index contributed by atoms with van der Waals surface area (Å²) in [7, 11) is 4.23. The third-order valence-electron chi connectivity index (χ3n) is 3.65. The summed E-state index contributed by atoms with van der Waals surface area (Å²) in [6.45, 7) is 7.82. The van der Waals surface area contributed by atoms with E-state index >= 15 is 0 Å². The molecule has 0 aliphatic carbocycles. The van der Waals surface area contributed by atoms with E-state index in [2.05, 4.69) is 55.4 Å². The largest absolute Gasteiger partial charge is 0.319 e. The second kappa shape index (κ2) is 9.11. The van der Waals surface area contributed by atoms with Crippen LogP contribution in [-0.4, -0.2) is 32.1 Å². The lowest BCUT2D eigenvalue weighted by Crippen LogP contribution is -2.19. The normalized spacial score (nSPS) is 12.9. The zero-order chi connectivity index (χ0) is 14.1. The van der Waals surface area contributed by atoms with Crippen LogP contribution < -0.4 is 5.32 Å². The van der Waals surface area contributed by atoms with E-state index in [1.54, 1.807) is 0 Å². The van der Waals surface area contributed by atoms with Crippen LogP contribution in [0.2, 0.25) is 0 Å². The molecule has 0 saturated heterocycles. The lowest BCUT2D eigenvalue weighted by molar-refractivity contribution is 0.318. The Labute approximate surface area is 119 Å². The molecule has 0 amide bonds. The van der Waals surface area contributed by atoms with E-state index in [4.69, 9.17) is 0 Å². The number of hydrogen-bond donors (Lipinski definition) is 1. The minimum Gasteiger partial charge on any atom is -0.319 e. The zero-order valence-corrected chi connectivity index (χ0v) is 13.1. The lowest BCUT2D eigenvalue weighted by Gasteiger charge is -2.17. The van der Waals surface area contributed by atoms with Crippen LogP contribution in [0.4, 0.5) is 0 Å². The van der Waals surface area contributed by atoms with E-state index in [1.807, 2.05) is 7.05 Å². The molecule has 0 radical (unpaired) electrons. The predicted octanol–water partition coefficient (Wildman–Crippen LogP) is 3.63. The van der Waals surface area contributed by atoms with Gasteiger partial charge in [0.15, 0.2) is 0 Å². The summed E-state index contributed by atoms with van der Waals surface area (Å²) in [6, 6.07) is 9.10. The third-order valence-corrected chi connectivity index (χ3v) is 3.65. The molecule has 0 aliphatic heterocycles. The van der Waals surface area contributed by atoms with Gasteiger partial charge in [-0.3, -0.25) is 0 Å². The van der Waals surface area contributed by atoms with Crippen LogP contribution in [0.25, 0.3) is 0 Å². The molecule has 0 fully saturated rings. The summed E-state index contributed by atoms with van der Waals surface area (Å²) < 4.78 is 0. The highest BCUT2D eigenvalue weighted by molar-refractivity contribution is 5.25. The Balaban J connectivity index is 2.43. The summed E-state index contributed by atoms with van der Waals surface area (Å²) in [5.74, 6) is 0.585. The van der Waals surface area contributed by atoms with Crippen molar-refractivity contribution in [2.45, 2.75) is 45.6 Å².